The van der Waals surface area contributed by atoms with E-state index in [1.807, 2.05) is 18.7 Å². The molecule has 3 N–H and O–H groups in total. The summed E-state index contributed by atoms with van der Waals surface area (Å²) < 4.78 is 22.0. The third-order valence-corrected chi connectivity index (χ3v) is 2.90. The van der Waals surface area contributed by atoms with E-state index in [0.29, 0.717) is 6.54 Å². The third-order valence-electron chi connectivity index (χ3n) is 1.97. The molecular weight excluding hydrogens is 218 g/mol. The van der Waals surface area contributed by atoms with Gasteiger partial charge in [0.2, 0.25) is 0 Å². The zero-order chi connectivity index (χ0) is 12.1. The predicted octanol–water partition coefficient (Wildman–Crippen LogP) is -0.512. The van der Waals surface area contributed by atoms with E-state index >= 15 is 0 Å². The number of nitrogens with zero attached hydrogens (tertiary/aromatic N) is 2. The van der Waals surface area contributed by atoms with Crippen molar-refractivity contribution in [1.82, 2.24) is 4.90 Å². The van der Waals surface area contributed by atoms with E-state index in [1.165, 1.54) is 6.26 Å². The Hall–Kier alpha value is -0.820. The van der Waals surface area contributed by atoms with Crippen LogP contribution in [0.25, 0.3) is 0 Å². The van der Waals surface area contributed by atoms with Gasteiger partial charge in [0.25, 0.3) is 0 Å². The second-order valence-corrected chi connectivity index (χ2v) is 6.05. The number of hydrogen-bond acceptors (Lipinski definition) is 5. The quantitative estimate of drug-likeness (QED) is 0.281. The molecule has 6 nitrogen and oxygen atoms in total. The summed E-state index contributed by atoms with van der Waals surface area (Å²) in [6.07, 6.45) is 1.19. The van der Waals surface area contributed by atoms with Gasteiger partial charge in [0.1, 0.15) is 9.84 Å². The molecule has 0 saturated carbocycles. The topological polar surface area (TPSA) is 96.0 Å². The van der Waals surface area contributed by atoms with E-state index in [4.69, 9.17) is 10.9 Å². The maximum Gasteiger partial charge on any atom is 0.153 e. The zero-order valence-corrected chi connectivity index (χ0v) is 10.2. The highest BCUT2D eigenvalue weighted by molar-refractivity contribution is 7.90. The molecule has 15 heavy (non-hydrogen) atoms. The molecule has 0 aromatic carbocycles. The van der Waals surface area contributed by atoms with Gasteiger partial charge in [-0.15, -0.1) is 0 Å². The minimum Gasteiger partial charge on any atom is -0.409 e. The first-order chi connectivity index (χ1) is 6.76. The highest BCUT2D eigenvalue weighted by Gasteiger charge is 2.13. The van der Waals surface area contributed by atoms with Crippen molar-refractivity contribution in [3.63, 3.8) is 0 Å². The molecule has 0 heterocycles. The van der Waals surface area contributed by atoms with Crippen molar-refractivity contribution in [2.24, 2.45) is 10.9 Å². The van der Waals surface area contributed by atoms with Gasteiger partial charge >= 0.3 is 0 Å². The molecule has 0 radical (unpaired) electrons. The Bertz CT molecular complexity index is 311. The highest BCUT2D eigenvalue weighted by atomic mass is 32.2. The lowest BCUT2D eigenvalue weighted by atomic mass is 10.3. The molecular formula is C8H19N3O3S. The van der Waals surface area contributed by atoms with Crippen LogP contribution in [0.15, 0.2) is 5.16 Å². The summed E-state index contributed by atoms with van der Waals surface area (Å²) in [5.41, 5.74) is 5.36. The largest absolute Gasteiger partial charge is 0.409 e. The van der Waals surface area contributed by atoms with Crippen molar-refractivity contribution < 1.29 is 13.6 Å². The highest BCUT2D eigenvalue weighted by Crippen LogP contribution is 1.98. The molecule has 0 aliphatic heterocycles. The van der Waals surface area contributed by atoms with Crippen LogP contribution in [0.2, 0.25) is 0 Å². The lowest BCUT2D eigenvalue weighted by molar-refractivity contribution is 0.259. The van der Waals surface area contributed by atoms with Crippen LogP contribution < -0.4 is 5.73 Å². The molecule has 0 aliphatic rings. The molecule has 0 aromatic rings. The van der Waals surface area contributed by atoms with E-state index in [0.717, 1.165) is 0 Å². The maximum atomic E-state index is 11.0. The lowest BCUT2D eigenvalue weighted by Gasteiger charge is -2.25. The van der Waals surface area contributed by atoms with Gasteiger partial charge in [0.05, 0.1) is 12.3 Å². The summed E-state index contributed by atoms with van der Waals surface area (Å²) in [4.78, 5) is 1.83. The molecule has 0 bridgehead atoms. The molecule has 0 amide bonds. The Morgan fingerprint density at radius 3 is 2.40 bits per heavy atom. The van der Waals surface area contributed by atoms with Crippen molar-refractivity contribution in [2.45, 2.75) is 19.9 Å². The number of oxime groups is 1. The molecule has 7 heteroatoms. The monoisotopic (exact) mass is 237 g/mol. The molecule has 0 rings (SSSR count). The molecule has 0 atom stereocenters. The van der Waals surface area contributed by atoms with Gasteiger partial charge in [-0.25, -0.2) is 8.42 Å². The molecule has 0 aromatic heterocycles. The third kappa shape index (κ3) is 7.15. The van der Waals surface area contributed by atoms with Crippen LogP contribution in [0, 0.1) is 0 Å². The fourth-order valence-corrected chi connectivity index (χ4v) is 1.61. The van der Waals surface area contributed by atoms with Crippen LogP contribution in [0.1, 0.15) is 13.8 Å². The van der Waals surface area contributed by atoms with Crippen LogP contribution in [0.3, 0.4) is 0 Å². The SMILES string of the molecule is CC(C)N(CCS(C)(=O)=O)CC(N)=NO. The average Bonchev–Trinajstić information content (AvgIpc) is 2.09. The molecule has 0 saturated heterocycles. The van der Waals surface area contributed by atoms with Crippen molar-refractivity contribution in [1.29, 1.82) is 0 Å². The van der Waals surface area contributed by atoms with Gasteiger partial charge in [-0.05, 0) is 13.8 Å². The van der Waals surface area contributed by atoms with E-state index in [9.17, 15) is 8.42 Å². The second-order valence-electron chi connectivity index (χ2n) is 3.79. The van der Waals surface area contributed by atoms with E-state index < -0.39 is 9.84 Å². The van der Waals surface area contributed by atoms with Gasteiger partial charge in [-0.2, -0.15) is 0 Å². The Kier molecular flexibility index (Phi) is 5.59. The minimum absolute atomic E-state index is 0.0733. The summed E-state index contributed by atoms with van der Waals surface area (Å²) in [6, 6.07) is 0.145. The van der Waals surface area contributed by atoms with Crippen molar-refractivity contribution in [2.75, 3.05) is 25.1 Å². The van der Waals surface area contributed by atoms with Crippen molar-refractivity contribution in [3.05, 3.63) is 0 Å². The smallest absolute Gasteiger partial charge is 0.153 e. The normalized spacial score (nSPS) is 13.8. The van der Waals surface area contributed by atoms with Crippen molar-refractivity contribution in [3.8, 4) is 0 Å². The van der Waals surface area contributed by atoms with Crippen LogP contribution in [-0.2, 0) is 9.84 Å². The van der Waals surface area contributed by atoms with Gasteiger partial charge in [0, 0.05) is 18.8 Å². The average molecular weight is 237 g/mol. The molecule has 0 aliphatic carbocycles. The first kappa shape index (κ1) is 14.2. The number of amidine groups is 1. The molecule has 0 fully saturated rings. The summed E-state index contributed by atoms with van der Waals surface area (Å²) >= 11 is 0. The fourth-order valence-electron chi connectivity index (χ4n) is 1.04. The Balaban J connectivity index is 4.30. The first-order valence-electron chi connectivity index (χ1n) is 4.64. The fraction of sp³-hybridized carbons (Fsp3) is 0.875. The van der Waals surface area contributed by atoms with E-state index in [-0.39, 0.29) is 24.2 Å². The number of sulfone groups is 1. The number of hydrogen-bond donors (Lipinski definition) is 2. The van der Waals surface area contributed by atoms with E-state index in [2.05, 4.69) is 5.16 Å². The minimum atomic E-state index is -2.98. The van der Waals surface area contributed by atoms with Gasteiger partial charge in [-0.3, -0.25) is 4.90 Å². The number of nitrogens with two attached hydrogens (primary N) is 1. The first-order valence-corrected chi connectivity index (χ1v) is 6.70. The molecule has 0 spiro atoms. The molecule has 90 valence electrons. The number of rotatable bonds is 6. The Morgan fingerprint density at radius 2 is 2.07 bits per heavy atom. The predicted molar refractivity (Wildman–Crippen MR) is 59.8 cm³/mol. The molecule has 0 unspecified atom stereocenters. The van der Waals surface area contributed by atoms with Crippen LogP contribution in [0.4, 0.5) is 0 Å². The Labute approximate surface area is 90.7 Å². The van der Waals surface area contributed by atoms with Crippen LogP contribution >= 0.6 is 0 Å². The van der Waals surface area contributed by atoms with Gasteiger partial charge < -0.3 is 10.9 Å². The zero-order valence-electron chi connectivity index (χ0n) is 9.34. The van der Waals surface area contributed by atoms with Gasteiger partial charge in [0.15, 0.2) is 5.84 Å². The lowest BCUT2D eigenvalue weighted by Crippen LogP contribution is -2.41. The second kappa shape index (κ2) is 5.92. The van der Waals surface area contributed by atoms with Crippen LogP contribution in [0.5, 0.6) is 0 Å². The Morgan fingerprint density at radius 1 is 1.53 bits per heavy atom. The summed E-state index contributed by atoms with van der Waals surface area (Å²) in [6.45, 7) is 4.50. The summed E-state index contributed by atoms with van der Waals surface area (Å²) in [5, 5.41) is 11.3. The van der Waals surface area contributed by atoms with Crippen LogP contribution in [-0.4, -0.2) is 55.5 Å². The van der Waals surface area contributed by atoms with Gasteiger partial charge in [-0.1, -0.05) is 5.16 Å². The standard InChI is InChI=1S/C8H19N3O3S/c1-7(2)11(6-8(9)10-12)4-5-15(3,13)14/h7,12H,4-6H2,1-3H3,(H2,9,10). The summed E-state index contributed by atoms with van der Waals surface area (Å²) in [7, 11) is -2.98. The van der Waals surface area contributed by atoms with E-state index in [1.54, 1.807) is 0 Å². The summed E-state index contributed by atoms with van der Waals surface area (Å²) in [5.74, 6) is 0.154. The van der Waals surface area contributed by atoms with Crippen molar-refractivity contribution >= 4 is 15.7 Å². The maximum absolute atomic E-state index is 11.0.